The van der Waals surface area contributed by atoms with Gasteiger partial charge in [-0.2, -0.15) is 0 Å². The van der Waals surface area contributed by atoms with E-state index < -0.39 is 0 Å². The van der Waals surface area contributed by atoms with Gasteiger partial charge in [-0.3, -0.25) is 14.2 Å². The number of aryl methyl sites for hydroxylation is 3. The van der Waals surface area contributed by atoms with Crippen molar-refractivity contribution in [3.05, 3.63) is 56.7 Å². The molecule has 0 fully saturated rings. The first-order valence-corrected chi connectivity index (χ1v) is 14.2. The Morgan fingerprint density at radius 1 is 1.15 bits per heavy atom. The van der Waals surface area contributed by atoms with Gasteiger partial charge in [0.15, 0.2) is 5.16 Å². The van der Waals surface area contributed by atoms with Gasteiger partial charge in [0.25, 0.3) is 5.56 Å². The van der Waals surface area contributed by atoms with Crippen molar-refractivity contribution in [1.29, 1.82) is 0 Å². The van der Waals surface area contributed by atoms with Crippen molar-refractivity contribution in [2.24, 2.45) is 5.92 Å². The molecule has 0 radical (unpaired) electrons. The van der Waals surface area contributed by atoms with E-state index in [9.17, 15) is 9.59 Å². The number of nitrogens with zero attached hydrogens (tertiary/aromatic N) is 2. The van der Waals surface area contributed by atoms with Gasteiger partial charge in [-0.15, -0.1) is 11.3 Å². The molecule has 1 atom stereocenters. The molecule has 182 valence electrons. The summed E-state index contributed by atoms with van der Waals surface area (Å²) in [5.74, 6) is 0.742. The molecule has 1 N–H and O–H groups in total. The number of fused-ring (bicyclic) bond motifs is 3. The van der Waals surface area contributed by atoms with Crippen LogP contribution < -0.4 is 10.9 Å². The first-order chi connectivity index (χ1) is 16.4. The third-order valence-electron chi connectivity index (χ3n) is 6.42. The number of carbonyl (C=O) groups is 1. The monoisotopic (exact) mass is 497 g/mol. The maximum atomic E-state index is 13.6. The fourth-order valence-corrected chi connectivity index (χ4v) is 6.60. The van der Waals surface area contributed by atoms with E-state index in [2.05, 4.69) is 31.3 Å². The van der Waals surface area contributed by atoms with Gasteiger partial charge in [-0.1, -0.05) is 55.9 Å². The smallest absolute Gasteiger partial charge is 0.263 e. The standard InChI is InChI=1S/C27H35N3O2S2/c1-18(2)15-16-30-26(32)24-21-11-7-8-12-22(21)34-25(24)29-27(30)33-17-23(31)28-19(3)13-14-20-9-5-4-6-10-20/h4-6,9-10,18-19H,7-8,11-17H2,1-3H3,(H,28,31). The highest BCUT2D eigenvalue weighted by Crippen LogP contribution is 2.34. The second-order valence-corrected chi connectivity index (χ2v) is 11.7. The zero-order valence-electron chi connectivity index (χ0n) is 20.4. The van der Waals surface area contributed by atoms with E-state index in [1.807, 2.05) is 29.7 Å². The second-order valence-electron chi connectivity index (χ2n) is 9.71. The lowest BCUT2D eigenvalue weighted by Crippen LogP contribution is -2.34. The molecule has 2 aromatic heterocycles. The van der Waals surface area contributed by atoms with Crippen molar-refractivity contribution >= 4 is 39.2 Å². The van der Waals surface area contributed by atoms with Crippen molar-refractivity contribution in [1.82, 2.24) is 14.9 Å². The van der Waals surface area contributed by atoms with Crippen LogP contribution in [0.2, 0.25) is 0 Å². The first kappa shape index (κ1) is 25.0. The minimum atomic E-state index is -0.0132. The molecule has 2 heterocycles. The van der Waals surface area contributed by atoms with Crippen molar-refractivity contribution in [3.63, 3.8) is 0 Å². The van der Waals surface area contributed by atoms with Gasteiger partial charge in [0.05, 0.1) is 11.1 Å². The first-order valence-electron chi connectivity index (χ1n) is 12.4. The van der Waals surface area contributed by atoms with E-state index in [4.69, 9.17) is 4.98 Å². The van der Waals surface area contributed by atoms with Crippen molar-refractivity contribution in [2.45, 2.75) is 83.5 Å². The lowest BCUT2D eigenvalue weighted by atomic mass is 9.97. The average Bonchev–Trinajstić information content (AvgIpc) is 3.20. The third-order valence-corrected chi connectivity index (χ3v) is 8.58. The zero-order valence-corrected chi connectivity index (χ0v) is 22.1. The summed E-state index contributed by atoms with van der Waals surface area (Å²) in [5, 5.41) is 4.61. The maximum absolute atomic E-state index is 13.6. The molecule has 1 unspecified atom stereocenters. The van der Waals surface area contributed by atoms with Crippen molar-refractivity contribution in [3.8, 4) is 0 Å². The van der Waals surface area contributed by atoms with Crippen LogP contribution in [0, 0.1) is 5.92 Å². The minimum absolute atomic E-state index is 0.0132. The van der Waals surface area contributed by atoms with E-state index in [-0.39, 0.29) is 23.3 Å². The van der Waals surface area contributed by atoms with Crippen LogP contribution in [0.25, 0.3) is 10.2 Å². The van der Waals surface area contributed by atoms with Gasteiger partial charge in [0.1, 0.15) is 4.83 Å². The number of rotatable bonds is 10. The molecule has 0 spiro atoms. The molecule has 0 saturated heterocycles. The number of benzene rings is 1. The van der Waals surface area contributed by atoms with Crippen LogP contribution in [0.15, 0.2) is 40.3 Å². The summed E-state index contributed by atoms with van der Waals surface area (Å²) in [5.41, 5.74) is 2.58. The summed E-state index contributed by atoms with van der Waals surface area (Å²) in [6.45, 7) is 7.02. The van der Waals surface area contributed by atoms with E-state index >= 15 is 0 Å². The van der Waals surface area contributed by atoms with Crippen LogP contribution in [-0.4, -0.2) is 27.3 Å². The Labute approximate surface area is 210 Å². The summed E-state index contributed by atoms with van der Waals surface area (Å²) < 4.78 is 1.82. The van der Waals surface area contributed by atoms with Crippen LogP contribution in [0.3, 0.4) is 0 Å². The predicted octanol–water partition coefficient (Wildman–Crippen LogP) is 5.61. The summed E-state index contributed by atoms with van der Waals surface area (Å²) in [6.07, 6.45) is 7.10. The number of amides is 1. The van der Waals surface area contributed by atoms with E-state index in [0.29, 0.717) is 17.6 Å². The number of hydrogen-bond donors (Lipinski definition) is 1. The van der Waals surface area contributed by atoms with Gasteiger partial charge in [-0.05, 0) is 68.9 Å². The Morgan fingerprint density at radius 3 is 2.68 bits per heavy atom. The molecule has 34 heavy (non-hydrogen) atoms. The molecule has 0 saturated carbocycles. The molecule has 1 aromatic carbocycles. The SMILES string of the molecule is CC(C)CCn1c(SCC(=O)NC(C)CCc2ccccc2)nc2sc3c(c2c1=O)CCCC3. The summed E-state index contributed by atoms with van der Waals surface area (Å²) >= 11 is 3.06. The van der Waals surface area contributed by atoms with Crippen LogP contribution in [0.5, 0.6) is 0 Å². The molecular weight excluding hydrogens is 462 g/mol. The summed E-state index contributed by atoms with van der Waals surface area (Å²) in [6, 6.07) is 10.4. The molecule has 5 nitrogen and oxygen atoms in total. The van der Waals surface area contributed by atoms with Crippen LogP contribution >= 0.6 is 23.1 Å². The van der Waals surface area contributed by atoms with Crippen LogP contribution in [0.4, 0.5) is 0 Å². The normalized spacial score (nSPS) is 14.4. The number of nitrogens with one attached hydrogen (secondary N) is 1. The molecule has 1 amide bonds. The number of carbonyl (C=O) groups excluding carboxylic acids is 1. The van der Waals surface area contributed by atoms with Gasteiger partial charge in [0, 0.05) is 17.5 Å². The minimum Gasteiger partial charge on any atom is -0.353 e. The molecule has 0 aliphatic heterocycles. The lowest BCUT2D eigenvalue weighted by molar-refractivity contribution is -0.119. The fraction of sp³-hybridized carbons (Fsp3) is 0.519. The van der Waals surface area contributed by atoms with Gasteiger partial charge in [0.2, 0.25) is 5.91 Å². The predicted molar refractivity (Wildman–Crippen MR) is 143 cm³/mol. The number of hydrogen-bond acceptors (Lipinski definition) is 5. The lowest BCUT2D eigenvalue weighted by Gasteiger charge is -2.16. The van der Waals surface area contributed by atoms with Crippen LogP contribution in [0.1, 0.15) is 62.5 Å². The Kier molecular flexibility index (Phi) is 8.48. The Balaban J connectivity index is 1.46. The van der Waals surface area contributed by atoms with Crippen LogP contribution in [-0.2, 0) is 30.6 Å². The zero-order chi connectivity index (χ0) is 24.1. The topological polar surface area (TPSA) is 64.0 Å². The van der Waals surface area contributed by atoms with Gasteiger partial charge < -0.3 is 5.32 Å². The van der Waals surface area contributed by atoms with Gasteiger partial charge in [-0.25, -0.2) is 4.98 Å². The molecule has 0 bridgehead atoms. The van der Waals surface area contributed by atoms with Crippen molar-refractivity contribution < 1.29 is 4.79 Å². The molecule has 4 rings (SSSR count). The summed E-state index contributed by atoms with van der Waals surface area (Å²) in [7, 11) is 0. The largest absolute Gasteiger partial charge is 0.353 e. The third kappa shape index (κ3) is 6.11. The average molecular weight is 498 g/mol. The van der Waals surface area contributed by atoms with Crippen molar-refractivity contribution in [2.75, 3.05) is 5.75 Å². The van der Waals surface area contributed by atoms with Gasteiger partial charge >= 0.3 is 0 Å². The van der Waals surface area contributed by atoms with E-state index in [1.165, 1.54) is 34.2 Å². The Morgan fingerprint density at radius 2 is 1.91 bits per heavy atom. The number of aromatic nitrogens is 2. The molecular formula is C27H35N3O2S2. The Bertz CT molecular complexity index is 1180. The maximum Gasteiger partial charge on any atom is 0.263 e. The molecule has 1 aliphatic rings. The van der Waals surface area contributed by atoms with E-state index in [0.717, 1.165) is 48.7 Å². The quantitative estimate of drug-likeness (QED) is 0.292. The van der Waals surface area contributed by atoms with E-state index in [1.54, 1.807) is 11.3 Å². The highest BCUT2D eigenvalue weighted by atomic mass is 32.2. The molecule has 3 aromatic rings. The summed E-state index contributed by atoms with van der Waals surface area (Å²) in [4.78, 5) is 33.3. The number of thiophene rings is 1. The molecule has 1 aliphatic carbocycles. The molecule has 7 heteroatoms. The number of thioether (sulfide) groups is 1. The Hall–Kier alpha value is -2.12. The highest BCUT2D eigenvalue weighted by molar-refractivity contribution is 7.99. The second kappa shape index (κ2) is 11.5. The fourth-order valence-electron chi connectivity index (χ4n) is 4.46. The highest BCUT2D eigenvalue weighted by Gasteiger charge is 2.22.